The van der Waals surface area contributed by atoms with Crippen LogP contribution in [0.5, 0.6) is 0 Å². The van der Waals surface area contributed by atoms with Crippen LogP contribution in [0.25, 0.3) is 5.78 Å². The monoisotopic (exact) mass is 363 g/mol. The predicted octanol–water partition coefficient (Wildman–Crippen LogP) is 2.91. The molecule has 0 aliphatic heterocycles. The summed E-state index contributed by atoms with van der Waals surface area (Å²) in [4.78, 5) is 16.4. The lowest BCUT2D eigenvalue weighted by Crippen LogP contribution is -2.25. The maximum absolute atomic E-state index is 12.1. The van der Waals surface area contributed by atoms with Gasteiger partial charge < -0.3 is 5.32 Å². The third-order valence-electron chi connectivity index (χ3n) is 3.55. The molecule has 1 aromatic carbocycles. The van der Waals surface area contributed by atoms with E-state index in [1.807, 2.05) is 24.3 Å². The van der Waals surface area contributed by atoms with Gasteiger partial charge in [-0.15, -0.1) is 10.2 Å². The van der Waals surface area contributed by atoms with Crippen molar-refractivity contribution in [1.29, 1.82) is 0 Å². The van der Waals surface area contributed by atoms with E-state index in [1.165, 1.54) is 0 Å². The molecule has 0 saturated carbocycles. The Hall–Kier alpha value is -2.18. The van der Waals surface area contributed by atoms with Crippen molar-refractivity contribution in [2.75, 3.05) is 0 Å². The van der Waals surface area contributed by atoms with Crippen molar-refractivity contribution >= 4 is 34.9 Å². The molecule has 3 aromatic rings. The topological polar surface area (TPSA) is 72.2 Å². The Morgan fingerprint density at radius 1 is 1.17 bits per heavy atom. The Bertz CT molecular complexity index is 922. The van der Waals surface area contributed by atoms with Crippen LogP contribution in [0.4, 0.5) is 0 Å². The number of rotatable bonds is 4. The Kier molecular flexibility index (Phi) is 4.69. The van der Waals surface area contributed by atoms with Crippen LogP contribution in [-0.4, -0.2) is 25.5 Å². The maximum Gasteiger partial charge on any atom is 0.255 e. The molecule has 8 heteroatoms. The number of benzene rings is 1. The molecule has 0 saturated heterocycles. The van der Waals surface area contributed by atoms with Gasteiger partial charge in [0.15, 0.2) is 5.82 Å². The van der Waals surface area contributed by atoms with Crippen molar-refractivity contribution in [1.82, 2.24) is 24.9 Å². The Morgan fingerprint density at radius 2 is 1.96 bits per heavy atom. The van der Waals surface area contributed by atoms with E-state index in [2.05, 4.69) is 20.5 Å². The number of hydrogen-bond acceptors (Lipinski definition) is 4. The van der Waals surface area contributed by atoms with Gasteiger partial charge in [-0.1, -0.05) is 29.3 Å². The number of aromatic nitrogens is 4. The van der Waals surface area contributed by atoms with Crippen molar-refractivity contribution in [3.8, 4) is 0 Å². The summed E-state index contributed by atoms with van der Waals surface area (Å²) in [6.07, 6.45) is 0.212. The molecule has 2 heterocycles. The van der Waals surface area contributed by atoms with E-state index < -0.39 is 0 Å². The van der Waals surface area contributed by atoms with Crippen LogP contribution in [0.15, 0.2) is 24.3 Å². The van der Waals surface area contributed by atoms with Gasteiger partial charge in [0.25, 0.3) is 5.78 Å². The molecule has 1 N–H and O–H groups in total. The first-order valence-electron chi connectivity index (χ1n) is 7.33. The number of fused-ring (bicyclic) bond motifs is 1. The molecule has 1 amide bonds. The van der Waals surface area contributed by atoms with Gasteiger partial charge in [-0.05, 0) is 37.6 Å². The second kappa shape index (κ2) is 6.75. The molecular weight excluding hydrogens is 349 g/mol. The fourth-order valence-electron chi connectivity index (χ4n) is 2.49. The largest absolute Gasteiger partial charge is 0.348 e. The van der Waals surface area contributed by atoms with Crippen molar-refractivity contribution < 1.29 is 4.79 Å². The van der Waals surface area contributed by atoms with Crippen LogP contribution >= 0.6 is 23.2 Å². The number of carbonyl (C=O) groups excluding carboxylic acids is 1. The number of amides is 1. The molecule has 6 nitrogen and oxygen atoms in total. The highest BCUT2D eigenvalue weighted by Gasteiger charge is 2.11. The van der Waals surface area contributed by atoms with Gasteiger partial charge in [-0.2, -0.15) is 0 Å². The molecule has 0 spiro atoms. The molecule has 0 unspecified atom stereocenters. The summed E-state index contributed by atoms with van der Waals surface area (Å²) in [6, 6.07) is 7.08. The molecule has 0 fully saturated rings. The fraction of sp³-hybridized carbons (Fsp3) is 0.250. The summed E-state index contributed by atoms with van der Waals surface area (Å²) in [5.74, 6) is 1.03. The molecule has 24 heavy (non-hydrogen) atoms. The van der Waals surface area contributed by atoms with Crippen LogP contribution < -0.4 is 5.32 Å². The van der Waals surface area contributed by atoms with Gasteiger partial charge in [-0.3, -0.25) is 9.20 Å². The van der Waals surface area contributed by atoms with Crippen LogP contribution in [0, 0.1) is 13.8 Å². The number of nitrogens with one attached hydrogen (secondary N) is 1. The van der Waals surface area contributed by atoms with Gasteiger partial charge in [0.1, 0.15) is 0 Å². The van der Waals surface area contributed by atoms with Crippen LogP contribution in [0.2, 0.25) is 10.0 Å². The molecule has 0 aliphatic carbocycles. The van der Waals surface area contributed by atoms with E-state index in [1.54, 1.807) is 18.2 Å². The SMILES string of the molecule is Cc1cc(C)n2c(CNC(=O)Cc3ccc(Cl)c(Cl)c3)nnc2n1. The first-order chi connectivity index (χ1) is 11.4. The van der Waals surface area contributed by atoms with E-state index >= 15 is 0 Å². The average Bonchev–Trinajstić information content (AvgIpc) is 2.92. The van der Waals surface area contributed by atoms with E-state index in [0.717, 1.165) is 17.0 Å². The number of nitrogens with zero attached hydrogens (tertiary/aromatic N) is 4. The van der Waals surface area contributed by atoms with Gasteiger partial charge in [0, 0.05) is 11.4 Å². The number of hydrogen-bond donors (Lipinski definition) is 1. The molecule has 2 aromatic heterocycles. The van der Waals surface area contributed by atoms with Crippen LogP contribution in [0.1, 0.15) is 22.8 Å². The zero-order valence-electron chi connectivity index (χ0n) is 13.2. The minimum Gasteiger partial charge on any atom is -0.348 e. The van der Waals surface area contributed by atoms with E-state index in [-0.39, 0.29) is 18.9 Å². The second-order valence-electron chi connectivity index (χ2n) is 5.49. The van der Waals surface area contributed by atoms with E-state index in [9.17, 15) is 4.79 Å². The minimum absolute atomic E-state index is 0.136. The lowest BCUT2D eigenvalue weighted by Gasteiger charge is -2.07. The number of halogens is 2. The van der Waals surface area contributed by atoms with Crippen molar-refractivity contribution in [2.45, 2.75) is 26.8 Å². The highest BCUT2D eigenvalue weighted by molar-refractivity contribution is 6.42. The fourth-order valence-corrected chi connectivity index (χ4v) is 2.81. The summed E-state index contributed by atoms with van der Waals surface area (Å²) in [5.41, 5.74) is 2.64. The number of carbonyl (C=O) groups is 1. The van der Waals surface area contributed by atoms with Crippen molar-refractivity contribution in [2.24, 2.45) is 0 Å². The van der Waals surface area contributed by atoms with Crippen molar-refractivity contribution in [3.05, 3.63) is 57.1 Å². The van der Waals surface area contributed by atoms with Crippen LogP contribution in [-0.2, 0) is 17.8 Å². The predicted molar refractivity (Wildman–Crippen MR) is 92.3 cm³/mol. The molecule has 0 aliphatic rings. The Balaban J connectivity index is 1.69. The summed E-state index contributed by atoms with van der Waals surface area (Å²) < 4.78 is 1.83. The standard InChI is InChI=1S/C16H15Cl2N5O/c1-9-5-10(2)23-14(21-22-16(23)20-9)8-19-15(24)7-11-3-4-12(17)13(18)6-11/h3-6H,7-8H2,1-2H3,(H,19,24). The summed E-state index contributed by atoms with van der Waals surface area (Å²) in [6.45, 7) is 4.12. The highest BCUT2D eigenvalue weighted by atomic mass is 35.5. The summed E-state index contributed by atoms with van der Waals surface area (Å²) >= 11 is 11.8. The summed E-state index contributed by atoms with van der Waals surface area (Å²) in [5, 5.41) is 11.9. The van der Waals surface area contributed by atoms with Gasteiger partial charge >= 0.3 is 0 Å². The third kappa shape index (κ3) is 3.49. The summed E-state index contributed by atoms with van der Waals surface area (Å²) in [7, 11) is 0. The Morgan fingerprint density at radius 3 is 2.71 bits per heavy atom. The molecule has 3 rings (SSSR count). The molecular formula is C16H15Cl2N5O. The lowest BCUT2D eigenvalue weighted by atomic mass is 10.1. The minimum atomic E-state index is -0.136. The van der Waals surface area contributed by atoms with Crippen LogP contribution in [0.3, 0.4) is 0 Å². The highest BCUT2D eigenvalue weighted by Crippen LogP contribution is 2.22. The van der Waals surface area contributed by atoms with Crippen molar-refractivity contribution in [3.63, 3.8) is 0 Å². The molecule has 0 atom stereocenters. The van der Waals surface area contributed by atoms with E-state index in [4.69, 9.17) is 23.2 Å². The van der Waals surface area contributed by atoms with E-state index in [0.29, 0.717) is 21.6 Å². The zero-order valence-corrected chi connectivity index (χ0v) is 14.7. The molecule has 0 bridgehead atoms. The normalized spacial score (nSPS) is 11.0. The zero-order chi connectivity index (χ0) is 17.3. The molecule has 0 radical (unpaired) electrons. The quantitative estimate of drug-likeness (QED) is 0.773. The average molecular weight is 364 g/mol. The smallest absolute Gasteiger partial charge is 0.255 e. The maximum atomic E-state index is 12.1. The Labute approximate surface area is 148 Å². The first kappa shape index (κ1) is 16.7. The molecule has 124 valence electrons. The first-order valence-corrected chi connectivity index (χ1v) is 8.08. The van der Waals surface area contributed by atoms with Gasteiger partial charge in [0.05, 0.1) is 23.0 Å². The van der Waals surface area contributed by atoms with Gasteiger partial charge in [-0.25, -0.2) is 4.98 Å². The lowest BCUT2D eigenvalue weighted by molar-refractivity contribution is -0.120. The number of aryl methyl sites for hydroxylation is 2. The second-order valence-corrected chi connectivity index (χ2v) is 6.31. The third-order valence-corrected chi connectivity index (χ3v) is 4.29. The van der Waals surface area contributed by atoms with Gasteiger partial charge in [0.2, 0.25) is 5.91 Å².